The lowest BCUT2D eigenvalue weighted by Gasteiger charge is -2.34. The van der Waals surface area contributed by atoms with Gasteiger partial charge in [-0.15, -0.1) is 11.8 Å². The Hall–Kier alpha value is 0.650. The standard InChI is InChI=1S/C21H46O6P2S/c1-10-11-12-13-14-15-16-30-21(28(22,24-17(2)3)25-18(4)5)29(23,26-19(6)7)27-20(8)9/h17-21H,10-16H2,1-9H3. The third kappa shape index (κ3) is 12.6. The molecule has 9 heteroatoms. The second-order valence-corrected chi connectivity index (χ2v) is 15.0. The van der Waals surface area contributed by atoms with Gasteiger partial charge in [-0.2, -0.15) is 0 Å². The molecule has 0 atom stereocenters. The molecule has 0 rings (SSSR count). The highest BCUT2D eigenvalue weighted by Gasteiger charge is 2.53. The summed E-state index contributed by atoms with van der Waals surface area (Å²) in [6.45, 7) is 16.6. The van der Waals surface area contributed by atoms with E-state index in [0.717, 1.165) is 12.8 Å². The van der Waals surface area contributed by atoms with Crippen molar-refractivity contribution in [1.82, 2.24) is 0 Å². The fourth-order valence-electron chi connectivity index (χ4n) is 2.86. The van der Waals surface area contributed by atoms with Crippen LogP contribution in [0.5, 0.6) is 0 Å². The smallest absolute Gasteiger partial charge is 0.305 e. The van der Waals surface area contributed by atoms with E-state index in [1.54, 1.807) is 55.4 Å². The van der Waals surface area contributed by atoms with Crippen LogP contribution in [0.15, 0.2) is 0 Å². The number of thioether (sulfide) groups is 1. The molecule has 0 aromatic heterocycles. The Balaban J connectivity index is 5.72. The van der Waals surface area contributed by atoms with Crippen LogP contribution in [0.2, 0.25) is 0 Å². The molecule has 0 bridgehead atoms. The third-order valence-corrected chi connectivity index (χ3v) is 12.6. The van der Waals surface area contributed by atoms with Crippen molar-refractivity contribution in [3.8, 4) is 0 Å². The molecule has 0 amide bonds. The number of hydrogen-bond acceptors (Lipinski definition) is 7. The Bertz CT molecular complexity index is 474. The minimum atomic E-state index is -3.79. The maximum absolute atomic E-state index is 14.0. The summed E-state index contributed by atoms with van der Waals surface area (Å²) < 4.78 is 50.1. The van der Waals surface area contributed by atoms with Gasteiger partial charge in [-0.3, -0.25) is 9.13 Å². The van der Waals surface area contributed by atoms with E-state index >= 15 is 0 Å². The highest BCUT2D eigenvalue weighted by atomic mass is 32.2. The van der Waals surface area contributed by atoms with E-state index in [9.17, 15) is 9.13 Å². The first-order valence-corrected chi connectivity index (χ1v) is 15.7. The fraction of sp³-hybridized carbons (Fsp3) is 1.00. The molecule has 0 N–H and O–H groups in total. The summed E-state index contributed by atoms with van der Waals surface area (Å²) in [4.78, 5) is 0. The van der Waals surface area contributed by atoms with Crippen molar-refractivity contribution in [1.29, 1.82) is 0 Å². The first-order valence-electron chi connectivity index (χ1n) is 11.4. The molecule has 0 spiro atoms. The lowest BCUT2D eigenvalue weighted by molar-refractivity contribution is 0.129. The maximum Gasteiger partial charge on any atom is 0.356 e. The van der Waals surface area contributed by atoms with Crippen molar-refractivity contribution in [3.63, 3.8) is 0 Å². The van der Waals surface area contributed by atoms with Gasteiger partial charge in [0.05, 0.1) is 24.4 Å². The van der Waals surface area contributed by atoms with Crippen LogP contribution in [-0.2, 0) is 27.2 Å². The van der Waals surface area contributed by atoms with Crippen LogP contribution in [0.1, 0.15) is 101 Å². The van der Waals surface area contributed by atoms with Gasteiger partial charge in [-0.1, -0.05) is 39.0 Å². The zero-order valence-electron chi connectivity index (χ0n) is 20.6. The SMILES string of the molecule is CCCCCCCCSC(P(=O)(OC(C)C)OC(C)C)P(=O)(OC(C)C)OC(C)C. The maximum atomic E-state index is 14.0. The van der Waals surface area contributed by atoms with Crippen molar-refractivity contribution >= 4 is 27.0 Å². The van der Waals surface area contributed by atoms with Gasteiger partial charge in [-0.05, 0) is 67.6 Å². The second-order valence-electron chi connectivity index (χ2n) is 8.66. The average molecular weight is 489 g/mol. The van der Waals surface area contributed by atoms with Crippen LogP contribution in [-0.4, -0.2) is 34.9 Å². The summed E-state index contributed by atoms with van der Waals surface area (Å²) in [6, 6.07) is 0. The molecular formula is C21H46O6P2S. The zero-order chi connectivity index (χ0) is 23.4. The summed E-state index contributed by atoms with van der Waals surface area (Å²) in [5.74, 6) is 0.691. The van der Waals surface area contributed by atoms with E-state index in [-0.39, 0.29) is 24.4 Å². The molecule has 0 saturated carbocycles. The summed E-state index contributed by atoms with van der Waals surface area (Å²) in [7, 11) is -7.58. The van der Waals surface area contributed by atoms with Gasteiger partial charge in [0, 0.05) is 0 Å². The predicted octanol–water partition coefficient (Wildman–Crippen LogP) is 8.45. The molecule has 0 aliphatic heterocycles. The molecule has 0 aromatic rings. The molecule has 182 valence electrons. The number of rotatable bonds is 18. The van der Waals surface area contributed by atoms with E-state index in [1.165, 1.54) is 37.4 Å². The van der Waals surface area contributed by atoms with Crippen LogP contribution in [0.25, 0.3) is 0 Å². The quantitative estimate of drug-likeness (QED) is 0.142. The highest BCUT2D eigenvalue weighted by Crippen LogP contribution is 2.75. The molecule has 0 radical (unpaired) electrons. The summed E-state index contributed by atoms with van der Waals surface area (Å²) in [6.07, 6.45) is 5.48. The van der Waals surface area contributed by atoms with Crippen LogP contribution in [0, 0.1) is 0 Å². The molecule has 0 aliphatic rings. The topological polar surface area (TPSA) is 71.1 Å². The molecule has 0 saturated heterocycles. The Labute approximate surface area is 190 Å². The number of hydrogen-bond donors (Lipinski definition) is 0. The van der Waals surface area contributed by atoms with Gasteiger partial charge in [0.25, 0.3) is 0 Å². The second kappa shape index (κ2) is 15.5. The van der Waals surface area contributed by atoms with Gasteiger partial charge < -0.3 is 18.1 Å². The Morgan fingerprint density at radius 3 is 1.27 bits per heavy atom. The molecule has 0 fully saturated rings. The summed E-state index contributed by atoms with van der Waals surface area (Å²) in [5, 5.41) is 0. The lowest BCUT2D eigenvalue weighted by Crippen LogP contribution is -2.21. The first kappa shape index (κ1) is 30.6. The van der Waals surface area contributed by atoms with Crippen molar-refractivity contribution in [2.24, 2.45) is 0 Å². The lowest BCUT2D eigenvalue weighted by atomic mass is 10.1. The van der Waals surface area contributed by atoms with Crippen LogP contribution < -0.4 is 0 Å². The van der Waals surface area contributed by atoms with E-state index in [0.29, 0.717) is 5.75 Å². The molecule has 0 aliphatic carbocycles. The highest BCUT2D eigenvalue weighted by molar-refractivity contribution is 8.12. The minimum Gasteiger partial charge on any atom is -0.305 e. The number of unbranched alkanes of at least 4 members (excludes halogenated alkanes) is 5. The van der Waals surface area contributed by atoms with Crippen molar-refractivity contribution in [2.45, 2.75) is 130 Å². The third-order valence-electron chi connectivity index (χ3n) is 3.74. The average Bonchev–Trinajstić information content (AvgIpc) is 2.53. The van der Waals surface area contributed by atoms with E-state index in [1.807, 2.05) is 0 Å². The predicted molar refractivity (Wildman–Crippen MR) is 130 cm³/mol. The fourth-order valence-corrected chi connectivity index (χ4v) is 11.0. The van der Waals surface area contributed by atoms with E-state index in [4.69, 9.17) is 18.1 Å². The monoisotopic (exact) mass is 488 g/mol. The molecule has 0 heterocycles. The van der Waals surface area contributed by atoms with Gasteiger partial charge in [0.2, 0.25) is 4.73 Å². The van der Waals surface area contributed by atoms with Gasteiger partial charge >= 0.3 is 15.2 Å². The summed E-state index contributed by atoms with van der Waals surface area (Å²) in [5.41, 5.74) is 0. The van der Waals surface area contributed by atoms with Crippen LogP contribution in [0.4, 0.5) is 0 Å². The molecule has 0 unspecified atom stereocenters. The van der Waals surface area contributed by atoms with Gasteiger partial charge in [0.15, 0.2) is 0 Å². The van der Waals surface area contributed by atoms with Crippen LogP contribution >= 0.6 is 27.0 Å². The largest absolute Gasteiger partial charge is 0.356 e. The molecule has 0 aromatic carbocycles. The molecular weight excluding hydrogens is 442 g/mol. The minimum absolute atomic E-state index is 0.349. The van der Waals surface area contributed by atoms with Crippen LogP contribution in [0.3, 0.4) is 0 Å². The van der Waals surface area contributed by atoms with Crippen molar-refractivity contribution in [3.05, 3.63) is 0 Å². The van der Waals surface area contributed by atoms with Gasteiger partial charge in [-0.25, -0.2) is 0 Å². The van der Waals surface area contributed by atoms with Gasteiger partial charge in [0.1, 0.15) is 0 Å². The normalized spacial score (nSPS) is 13.5. The van der Waals surface area contributed by atoms with Crippen molar-refractivity contribution in [2.75, 3.05) is 5.75 Å². The molecule has 30 heavy (non-hydrogen) atoms. The van der Waals surface area contributed by atoms with E-state index in [2.05, 4.69) is 6.92 Å². The molecule has 6 nitrogen and oxygen atoms in total. The van der Waals surface area contributed by atoms with E-state index < -0.39 is 19.9 Å². The first-order chi connectivity index (χ1) is 13.9. The summed E-state index contributed by atoms with van der Waals surface area (Å²) >= 11 is 1.34. The Morgan fingerprint density at radius 2 is 0.933 bits per heavy atom. The van der Waals surface area contributed by atoms with Crippen molar-refractivity contribution < 1.29 is 27.2 Å². The Morgan fingerprint density at radius 1 is 0.600 bits per heavy atom. The zero-order valence-corrected chi connectivity index (χ0v) is 23.2. The Kier molecular flexibility index (Phi) is 15.8.